The number of sulfonamides is 1. The van der Waals surface area contributed by atoms with Crippen LogP contribution >= 0.6 is 0 Å². The minimum absolute atomic E-state index is 0.113. The fourth-order valence-electron chi connectivity index (χ4n) is 2.89. The molecule has 0 spiro atoms. The van der Waals surface area contributed by atoms with Crippen LogP contribution in [0.15, 0.2) is 48.7 Å². The Labute approximate surface area is 153 Å². The van der Waals surface area contributed by atoms with Gasteiger partial charge in [0.1, 0.15) is 5.82 Å². The van der Waals surface area contributed by atoms with E-state index in [0.717, 1.165) is 11.3 Å². The molecule has 2 aromatic rings. The van der Waals surface area contributed by atoms with Crippen LogP contribution in [0, 0.1) is 0 Å². The highest BCUT2D eigenvalue weighted by molar-refractivity contribution is 7.88. The van der Waals surface area contributed by atoms with Gasteiger partial charge in [0.2, 0.25) is 15.9 Å². The molecule has 7 nitrogen and oxygen atoms in total. The summed E-state index contributed by atoms with van der Waals surface area (Å²) in [4.78, 5) is 18.5. The lowest BCUT2D eigenvalue weighted by Gasteiger charge is -2.34. The number of nitrogens with zero attached hydrogens (tertiary/aromatic N) is 3. The summed E-state index contributed by atoms with van der Waals surface area (Å²) in [6, 6.07) is 13.2. The first-order valence-corrected chi connectivity index (χ1v) is 10.3. The number of hydrogen-bond acceptors (Lipinski definition) is 5. The summed E-state index contributed by atoms with van der Waals surface area (Å²) >= 11 is 0. The van der Waals surface area contributed by atoms with Crippen LogP contribution in [0.3, 0.4) is 0 Å². The van der Waals surface area contributed by atoms with Crippen LogP contribution in [0.1, 0.15) is 5.56 Å². The molecule has 0 aliphatic carbocycles. The number of anilines is 2. The number of benzene rings is 1. The number of piperazine rings is 1. The van der Waals surface area contributed by atoms with E-state index in [-0.39, 0.29) is 5.91 Å². The standard InChI is InChI=1S/C18H22N4O3S/c1-26(24,25)22-11-9-21(10-12-22)16-7-8-17(19-14-16)20-18(23)13-15-5-3-2-4-6-15/h2-8,14H,9-13H2,1H3,(H,19,20,23). The largest absolute Gasteiger partial charge is 0.368 e. The molecule has 2 heterocycles. The second-order valence-corrected chi connectivity index (χ2v) is 8.24. The molecule has 0 unspecified atom stereocenters. The van der Waals surface area contributed by atoms with Gasteiger partial charge in [-0.1, -0.05) is 30.3 Å². The molecule has 1 aromatic carbocycles. The third-order valence-corrected chi connectivity index (χ3v) is 5.60. The number of rotatable bonds is 5. The van der Waals surface area contributed by atoms with Crippen molar-refractivity contribution in [2.45, 2.75) is 6.42 Å². The first-order valence-electron chi connectivity index (χ1n) is 8.42. The van der Waals surface area contributed by atoms with Gasteiger partial charge in [0.05, 0.1) is 24.6 Å². The summed E-state index contributed by atoms with van der Waals surface area (Å²) in [5.74, 6) is 0.391. The van der Waals surface area contributed by atoms with E-state index in [1.165, 1.54) is 10.6 Å². The van der Waals surface area contributed by atoms with Gasteiger partial charge in [0.25, 0.3) is 0 Å². The van der Waals surface area contributed by atoms with E-state index < -0.39 is 10.0 Å². The third kappa shape index (κ3) is 4.80. The van der Waals surface area contributed by atoms with E-state index in [1.807, 2.05) is 36.4 Å². The average Bonchev–Trinajstić information content (AvgIpc) is 2.62. The fourth-order valence-corrected chi connectivity index (χ4v) is 3.72. The maximum atomic E-state index is 12.1. The fraction of sp³-hybridized carbons (Fsp3) is 0.333. The van der Waals surface area contributed by atoms with Crippen LogP contribution < -0.4 is 10.2 Å². The van der Waals surface area contributed by atoms with Crippen molar-refractivity contribution in [3.8, 4) is 0 Å². The Bertz CT molecular complexity index is 846. The Balaban J connectivity index is 1.55. The van der Waals surface area contributed by atoms with Crippen molar-refractivity contribution >= 4 is 27.4 Å². The quantitative estimate of drug-likeness (QED) is 0.854. The predicted molar refractivity (Wildman–Crippen MR) is 102 cm³/mol. The summed E-state index contributed by atoms with van der Waals surface area (Å²) in [6.45, 7) is 2.17. The topological polar surface area (TPSA) is 82.6 Å². The summed E-state index contributed by atoms with van der Waals surface area (Å²) in [6.07, 6.45) is 3.24. The second-order valence-electron chi connectivity index (χ2n) is 6.26. The number of nitrogens with one attached hydrogen (secondary N) is 1. The molecule has 1 saturated heterocycles. The highest BCUT2D eigenvalue weighted by Gasteiger charge is 2.23. The Hall–Kier alpha value is -2.45. The summed E-state index contributed by atoms with van der Waals surface area (Å²) in [5, 5.41) is 2.79. The van der Waals surface area contributed by atoms with E-state index >= 15 is 0 Å². The molecule has 1 aromatic heterocycles. The molecule has 8 heteroatoms. The van der Waals surface area contributed by atoms with Gasteiger partial charge in [0.15, 0.2) is 0 Å². The van der Waals surface area contributed by atoms with Crippen molar-refractivity contribution in [1.82, 2.24) is 9.29 Å². The van der Waals surface area contributed by atoms with Crippen LogP contribution in [0.4, 0.5) is 11.5 Å². The molecule has 0 atom stereocenters. The first-order chi connectivity index (χ1) is 12.4. The SMILES string of the molecule is CS(=O)(=O)N1CCN(c2ccc(NC(=O)Cc3ccccc3)nc2)CC1. The average molecular weight is 374 g/mol. The number of pyridine rings is 1. The van der Waals surface area contributed by atoms with Crippen LogP contribution in [0.25, 0.3) is 0 Å². The van der Waals surface area contributed by atoms with Crippen LogP contribution in [0.2, 0.25) is 0 Å². The molecular weight excluding hydrogens is 352 g/mol. The molecule has 138 valence electrons. The molecule has 1 aliphatic heterocycles. The highest BCUT2D eigenvalue weighted by atomic mass is 32.2. The number of hydrogen-bond donors (Lipinski definition) is 1. The van der Waals surface area contributed by atoms with Gasteiger partial charge in [-0.25, -0.2) is 13.4 Å². The van der Waals surface area contributed by atoms with Crippen LogP contribution in [-0.2, 0) is 21.2 Å². The van der Waals surface area contributed by atoms with E-state index in [4.69, 9.17) is 0 Å². The molecule has 0 radical (unpaired) electrons. The van der Waals surface area contributed by atoms with Crippen LogP contribution in [-0.4, -0.2) is 56.0 Å². The molecule has 1 amide bonds. The predicted octanol–water partition coefficient (Wildman–Crippen LogP) is 1.34. The van der Waals surface area contributed by atoms with E-state index in [0.29, 0.717) is 38.4 Å². The first kappa shape index (κ1) is 18.3. The minimum atomic E-state index is -3.13. The molecule has 1 fully saturated rings. The van der Waals surface area contributed by atoms with Crippen molar-refractivity contribution in [1.29, 1.82) is 0 Å². The monoisotopic (exact) mass is 374 g/mol. The Morgan fingerprint density at radius 2 is 1.77 bits per heavy atom. The Morgan fingerprint density at radius 3 is 2.35 bits per heavy atom. The van der Waals surface area contributed by atoms with Crippen molar-refractivity contribution in [2.75, 3.05) is 42.7 Å². The second kappa shape index (κ2) is 7.84. The van der Waals surface area contributed by atoms with Gasteiger partial charge in [0, 0.05) is 26.2 Å². The highest BCUT2D eigenvalue weighted by Crippen LogP contribution is 2.18. The van der Waals surface area contributed by atoms with E-state index in [1.54, 1.807) is 12.3 Å². The Morgan fingerprint density at radius 1 is 1.08 bits per heavy atom. The lowest BCUT2D eigenvalue weighted by molar-refractivity contribution is -0.115. The zero-order valence-corrected chi connectivity index (χ0v) is 15.4. The molecule has 26 heavy (non-hydrogen) atoms. The maximum Gasteiger partial charge on any atom is 0.229 e. The lowest BCUT2D eigenvalue weighted by Crippen LogP contribution is -2.48. The molecule has 1 aliphatic rings. The van der Waals surface area contributed by atoms with Crippen LogP contribution in [0.5, 0.6) is 0 Å². The smallest absolute Gasteiger partial charge is 0.229 e. The normalized spacial score (nSPS) is 15.7. The van der Waals surface area contributed by atoms with Gasteiger partial charge in [-0.2, -0.15) is 4.31 Å². The summed E-state index contributed by atoms with van der Waals surface area (Å²) in [5.41, 5.74) is 1.87. The zero-order valence-electron chi connectivity index (χ0n) is 14.6. The van der Waals surface area contributed by atoms with Crippen molar-refractivity contribution in [3.05, 3.63) is 54.2 Å². The number of carbonyl (C=O) groups excluding carboxylic acids is 1. The third-order valence-electron chi connectivity index (χ3n) is 4.30. The molecule has 0 bridgehead atoms. The van der Waals surface area contributed by atoms with Gasteiger partial charge < -0.3 is 10.2 Å². The van der Waals surface area contributed by atoms with Gasteiger partial charge >= 0.3 is 0 Å². The summed E-state index contributed by atoms with van der Waals surface area (Å²) in [7, 11) is -3.13. The lowest BCUT2D eigenvalue weighted by atomic mass is 10.1. The number of aromatic nitrogens is 1. The molecular formula is C18H22N4O3S. The number of amides is 1. The van der Waals surface area contributed by atoms with Crippen molar-refractivity contribution in [3.63, 3.8) is 0 Å². The minimum Gasteiger partial charge on any atom is -0.368 e. The van der Waals surface area contributed by atoms with E-state index in [9.17, 15) is 13.2 Å². The van der Waals surface area contributed by atoms with Crippen molar-refractivity contribution < 1.29 is 13.2 Å². The van der Waals surface area contributed by atoms with Gasteiger partial charge in [-0.05, 0) is 17.7 Å². The zero-order chi connectivity index (χ0) is 18.6. The maximum absolute atomic E-state index is 12.1. The molecule has 3 rings (SSSR count). The number of carbonyl (C=O) groups is 1. The van der Waals surface area contributed by atoms with E-state index in [2.05, 4.69) is 15.2 Å². The Kier molecular flexibility index (Phi) is 5.53. The molecule has 1 N–H and O–H groups in total. The van der Waals surface area contributed by atoms with Crippen molar-refractivity contribution in [2.24, 2.45) is 0 Å². The van der Waals surface area contributed by atoms with Gasteiger partial charge in [-0.3, -0.25) is 4.79 Å². The van der Waals surface area contributed by atoms with Gasteiger partial charge in [-0.15, -0.1) is 0 Å². The summed E-state index contributed by atoms with van der Waals surface area (Å²) < 4.78 is 24.6. The molecule has 0 saturated carbocycles.